The van der Waals surface area contributed by atoms with Crippen molar-refractivity contribution in [1.29, 1.82) is 0 Å². The van der Waals surface area contributed by atoms with Crippen LogP contribution in [0.5, 0.6) is 11.6 Å². The minimum absolute atomic E-state index is 0.0736. The van der Waals surface area contributed by atoms with Crippen molar-refractivity contribution < 1.29 is 18.3 Å². The quantitative estimate of drug-likeness (QED) is 0.152. The molecule has 8 aromatic rings. The predicted molar refractivity (Wildman–Crippen MR) is 208 cm³/mol. The number of aryl methyl sites for hydroxylation is 2. The van der Waals surface area contributed by atoms with Gasteiger partial charge in [0.05, 0.1) is 17.4 Å². The molecule has 0 unspecified atom stereocenters. The average molecular weight is 735 g/mol. The number of benzene rings is 4. The van der Waals surface area contributed by atoms with Crippen LogP contribution in [-0.2, 0) is 20.6 Å². The van der Waals surface area contributed by atoms with Crippen LogP contribution in [0.2, 0.25) is 0 Å². The fourth-order valence-electron chi connectivity index (χ4n) is 6.48. The third-order valence-electron chi connectivity index (χ3n) is 8.93. The number of rotatable bonds is 10. The fourth-order valence-corrected chi connectivity index (χ4v) is 6.48. The Morgan fingerprint density at radius 3 is 2.33 bits per heavy atom. The molecule has 0 aliphatic carbocycles. The van der Waals surface area contributed by atoms with Crippen molar-refractivity contribution in [3.8, 4) is 51.2 Å². The Hall–Kier alpha value is -7.12. The summed E-state index contributed by atoms with van der Waals surface area (Å²) in [5.74, 6) is 0.683. The number of hydrogen-bond donors (Lipinski definition) is 1. The Bertz CT molecular complexity index is 2730. The summed E-state index contributed by atoms with van der Waals surface area (Å²) in [6.07, 6.45) is 5.07. The van der Waals surface area contributed by atoms with Crippen molar-refractivity contribution >= 4 is 22.7 Å². The van der Waals surface area contributed by atoms with Crippen LogP contribution in [-0.4, -0.2) is 54.0 Å². The number of aromatic nitrogens is 6. The van der Waals surface area contributed by atoms with Crippen LogP contribution >= 0.6 is 0 Å². The smallest absolute Gasteiger partial charge is 0.284 e. The van der Waals surface area contributed by atoms with Gasteiger partial charge in [0.2, 0.25) is 11.6 Å². The lowest BCUT2D eigenvalue weighted by atomic mass is 9.98. The lowest BCUT2D eigenvalue weighted by Gasteiger charge is -2.12. The molecular formula is C42H35FN8O4. The second-order valence-corrected chi connectivity index (χ2v) is 13.3. The highest BCUT2D eigenvalue weighted by Gasteiger charge is 2.26. The van der Waals surface area contributed by atoms with Crippen molar-refractivity contribution in [1.82, 2.24) is 34.0 Å². The van der Waals surface area contributed by atoms with Crippen molar-refractivity contribution in [3.63, 3.8) is 0 Å². The van der Waals surface area contributed by atoms with Gasteiger partial charge in [-0.25, -0.2) is 9.07 Å². The minimum atomic E-state index is -0.595. The van der Waals surface area contributed by atoms with E-state index < -0.39 is 17.3 Å². The topological polar surface area (TPSA) is 125 Å². The Kier molecular flexibility index (Phi) is 9.13. The van der Waals surface area contributed by atoms with Gasteiger partial charge in [0, 0.05) is 49.8 Å². The molecule has 0 fully saturated rings. The molecular weight excluding hydrogens is 700 g/mol. The number of fused-ring (bicyclic) bond motifs is 1. The maximum absolute atomic E-state index is 13.5. The van der Waals surface area contributed by atoms with E-state index >= 15 is 0 Å². The summed E-state index contributed by atoms with van der Waals surface area (Å²) in [5.41, 5.74) is 4.91. The average Bonchev–Trinajstić information content (AvgIpc) is 3.87. The molecule has 4 aromatic heterocycles. The molecule has 0 aliphatic heterocycles. The van der Waals surface area contributed by atoms with E-state index in [1.165, 1.54) is 39.8 Å². The van der Waals surface area contributed by atoms with E-state index in [0.29, 0.717) is 39.8 Å². The standard InChI is InChI=1S/C42H35FN8O4/c1-48(2)23-26-9-8-12-28(21-26)35-36-40(46-38(27-10-6-5-7-11-27)47-41(36)55-37(35)29-22-44-49(3)24-29)54-33-19-15-31(16-20-33)45-39(52)34-25-50(4)51(42(34)53)32-17-13-30(43)14-18-32/h5-22,24-25H,23H2,1-4H3,(H,45,52). The van der Waals surface area contributed by atoms with E-state index in [9.17, 15) is 14.0 Å². The largest absolute Gasteiger partial charge is 0.438 e. The number of halogens is 1. The van der Waals surface area contributed by atoms with Gasteiger partial charge in [-0.1, -0.05) is 48.5 Å². The molecule has 4 heterocycles. The van der Waals surface area contributed by atoms with Gasteiger partial charge in [0.25, 0.3) is 11.5 Å². The van der Waals surface area contributed by atoms with Crippen LogP contribution < -0.4 is 15.6 Å². The molecule has 4 aromatic carbocycles. The Labute approximate surface area is 314 Å². The Morgan fingerprint density at radius 1 is 0.873 bits per heavy atom. The first kappa shape index (κ1) is 34.9. The van der Waals surface area contributed by atoms with E-state index in [1.54, 1.807) is 42.2 Å². The minimum Gasteiger partial charge on any atom is -0.438 e. The highest BCUT2D eigenvalue weighted by Crippen LogP contribution is 2.45. The van der Waals surface area contributed by atoms with E-state index in [1.807, 2.05) is 69.8 Å². The number of carbonyl (C=O) groups excluding carboxylic acids is 1. The third kappa shape index (κ3) is 7.03. The summed E-state index contributed by atoms with van der Waals surface area (Å²) >= 11 is 0. The highest BCUT2D eigenvalue weighted by atomic mass is 19.1. The van der Waals surface area contributed by atoms with E-state index in [-0.39, 0.29) is 11.4 Å². The van der Waals surface area contributed by atoms with Gasteiger partial charge >= 0.3 is 0 Å². The molecule has 13 heteroatoms. The Morgan fingerprint density at radius 2 is 1.62 bits per heavy atom. The second-order valence-electron chi connectivity index (χ2n) is 13.3. The number of amides is 1. The zero-order valence-corrected chi connectivity index (χ0v) is 30.4. The lowest BCUT2D eigenvalue weighted by Crippen LogP contribution is -2.25. The summed E-state index contributed by atoms with van der Waals surface area (Å²) in [7, 11) is 7.53. The molecule has 274 valence electrons. The molecule has 55 heavy (non-hydrogen) atoms. The van der Waals surface area contributed by atoms with E-state index in [4.69, 9.17) is 19.1 Å². The van der Waals surface area contributed by atoms with Gasteiger partial charge in [-0.3, -0.25) is 19.0 Å². The van der Waals surface area contributed by atoms with E-state index in [2.05, 4.69) is 27.4 Å². The number of hydrogen-bond acceptors (Lipinski definition) is 8. The first-order chi connectivity index (χ1) is 26.6. The summed E-state index contributed by atoms with van der Waals surface area (Å²) in [6, 6.07) is 30.0. The van der Waals surface area contributed by atoms with Gasteiger partial charge in [0.1, 0.15) is 28.3 Å². The summed E-state index contributed by atoms with van der Waals surface area (Å²) < 4.78 is 31.1. The molecule has 0 saturated heterocycles. The summed E-state index contributed by atoms with van der Waals surface area (Å²) in [6.45, 7) is 0.738. The highest BCUT2D eigenvalue weighted by molar-refractivity contribution is 6.05. The normalized spacial score (nSPS) is 11.4. The molecule has 8 rings (SSSR count). The number of nitrogens with zero attached hydrogens (tertiary/aromatic N) is 7. The van der Waals surface area contributed by atoms with Crippen LogP contribution in [0.25, 0.3) is 50.6 Å². The monoisotopic (exact) mass is 734 g/mol. The molecule has 0 radical (unpaired) electrons. The van der Waals surface area contributed by atoms with Crippen molar-refractivity contribution in [3.05, 3.63) is 149 Å². The molecule has 0 saturated carbocycles. The zero-order valence-electron chi connectivity index (χ0n) is 30.4. The maximum Gasteiger partial charge on any atom is 0.284 e. The van der Waals surface area contributed by atoms with Gasteiger partial charge in [-0.2, -0.15) is 15.1 Å². The van der Waals surface area contributed by atoms with E-state index in [0.717, 1.165) is 34.4 Å². The summed E-state index contributed by atoms with van der Waals surface area (Å²) in [5, 5.41) is 7.78. The number of carbonyl (C=O) groups is 1. The van der Waals surface area contributed by atoms with Crippen LogP contribution in [0.1, 0.15) is 15.9 Å². The molecule has 0 bridgehead atoms. The molecule has 1 N–H and O–H groups in total. The SMILES string of the molecule is CN(C)Cc1cccc(-c2c(-c3cnn(C)c3)oc3nc(-c4ccccc4)nc(Oc4ccc(NC(=O)c5cn(C)n(-c6ccc(F)cc6)c5=O)cc4)c23)c1. The van der Waals surface area contributed by atoms with Gasteiger partial charge in [-0.15, -0.1) is 0 Å². The molecule has 0 atom stereocenters. The van der Waals surface area contributed by atoms with Crippen LogP contribution in [0.4, 0.5) is 10.1 Å². The second kappa shape index (κ2) is 14.4. The first-order valence-corrected chi connectivity index (χ1v) is 17.4. The number of anilines is 1. The summed E-state index contributed by atoms with van der Waals surface area (Å²) in [4.78, 5) is 38.5. The van der Waals surface area contributed by atoms with Gasteiger partial charge in [0.15, 0.2) is 5.82 Å². The van der Waals surface area contributed by atoms with Crippen molar-refractivity contribution in [2.75, 3.05) is 19.4 Å². The predicted octanol–water partition coefficient (Wildman–Crippen LogP) is 7.69. The lowest BCUT2D eigenvalue weighted by molar-refractivity contribution is 0.102. The third-order valence-corrected chi connectivity index (χ3v) is 8.93. The number of ether oxygens (including phenoxy) is 1. The van der Waals surface area contributed by atoms with Crippen LogP contribution in [0.15, 0.2) is 131 Å². The van der Waals surface area contributed by atoms with Crippen molar-refractivity contribution in [2.45, 2.75) is 6.54 Å². The molecule has 0 spiro atoms. The zero-order chi connectivity index (χ0) is 38.2. The van der Waals surface area contributed by atoms with Crippen LogP contribution in [0.3, 0.4) is 0 Å². The van der Waals surface area contributed by atoms with Crippen LogP contribution in [0, 0.1) is 5.82 Å². The first-order valence-electron chi connectivity index (χ1n) is 17.4. The van der Waals surface area contributed by atoms with Crippen molar-refractivity contribution in [2.24, 2.45) is 14.1 Å². The Balaban J connectivity index is 1.17. The number of nitrogens with one attached hydrogen (secondary N) is 1. The number of furan rings is 1. The van der Waals surface area contributed by atoms with Gasteiger partial charge in [-0.05, 0) is 79.8 Å². The molecule has 0 aliphatic rings. The molecule has 12 nitrogen and oxygen atoms in total. The van der Waals surface area contributed by atoms with Gasteiger partial charge < -0.3 is 19.4 Å². The molecule has 1 amide bonds. The fraction of sp³-hybridized carbons (Fsp3) is 0.119. The maximum atomic E-state index is 13.5.